The van der Waals surface area contributed by atoms with Crippen LogP contribution in [0.3, 0.4) is 0 Å². The first kappa shape index (κ1) is 9.21. The van der Waals surface area contributed by atoms with Crippen LogP contribution in [-0.4, -0.2) is 0 Å². The first-order valence-corrected chi connectivity index (χ1v) is 4.26. The average Bonchev–Trinajstić information content (AvgIpc) is 2.00. The molecule has 0 saturated carbocycles. The normalized spacial score (nSPS) is 9.50. The van der Waals surface area contributed by atoms with E-state index in [1.165, 1.54) is 0 Å². The molecule has 0 radical (unpaired) electrons. The number of hydrogen-bond donors (Lipinski definition) is 0. The Morgan fingerprint density at radius 1 is 1.58 bits per heavy atom. The SMILES string of the molecule is Cc1cc(Br)cc(CC#N)c1F. The van der Waals surface area contributed by atoms with E-state index in [9.17, 15) is 4.39 Å². The summed E-state index contributed by atoms with van der Waals surface area (Å²) < 4.78 is 14.0. The van der Waals surface area contributed by atoms with Gasteiger partial charge < -0.3 is 0 Å². The highest BCUT2D eigenvalue weighted by molar-refractivity contribution is 9.10. The zero-order chi connectivity index (χ0) is 9.14. The van der Waals surface area contributed by atoms with E-state index in [-0.39, 0.29) is 12.2 Å². The number of halogens is 2. The standard InChI is InChI=1S/C9H7BrFN/c1-6-4-8(10)5-7(2-3-12)9(6)11/h4-5H,2H2,1H3. The summed E-state index contributed by atoms with van der Waals surface area (Å²) in [4.78, 5) is 0. The Hall–Kier alpha value is -0.880. The van der Waals surface area contributed by atoms with E-state index in [1.807, 2.05) is 6.07 Å². The van der Waals surface area contributed by atoms with E-state index in [2.05, 4.69) is 15.9 Å². The second kappa shape index (κ2) is 3.68. The summed E-state index contributed by atoms with van der Waals surface area (Å²) in [5, 5.41) is 8.39. The summed E-state index contributed by atoms with van der Waals surface area (Å²) in [6.45, 7) is 1.68. The van der Waals surface area contributed by atoms with Crippen molar-refractivity contribution >= 4 is 15.9 Å². The molecule has 12 heavy (non-hydrogen) atoms. The van der Waals surface area contributed by atoms with Crippen molar-refractivity contribution in [1.29, 1.82) is 5.26 Å². The van der Waals surface area contributed by atoms with Gasteiger partial charge in [-0.15, -0.1) is 0 Å². The highest BCUT2D eigenvalue weighted by atomic mass is 79.9. The van der Waals surface area contributed by atoms with Gasteiger partial charge in [0.1, 0.15) is 5.82 Å². The largest absolute Gasteiger partial charge is 0.206 e. The molecule has 0 aliphatic heterocycles. The molecular weight excluding hydrogens is 221 g/mol. The van der Waals surface area contributed by atoms with Crippen LogP contribution in [0, 0.1) is 24.1 Å². The van der Waals surface area contributed by atoms with Crippen molar-refractivity contribution in [3.8, 4) is 6.07 Å². The molecule has 0 aliphatic rings. The van der Waals surface area contributed by atoms with Crippen LogP contribution < -0.4 is 0 Å². The van der Waals surface area contributed by atoms with Gasteiger partial charge in [0.25, 0.3) is 0 Å². The molecule has 0 unspecified atom stereocenters. The molecule has 1 aromatic carbocycles. The zero-order valence-electron chi connectivity index (χ0n) is 6.56. The summed E-state index contributed by atoms with van der Waals surface area (Å²) in [7, 11) is 0. The van der Waals surface area contributed by atoms with Crippen molar-refractivity contribution in [2.75, 3.05) is 0 Å². The molecule has 1 aromatic rings. The first-order chi connectivity index (χ1) is 5.65. The third kappa shape index (κ3) is 1.83. The number of aryl methyl sites for hydroxylation is 1. The van der Waals surface area contributed by atoms with Crippen molar-refractivity contribution in [2.24, 2.45) is 0 Å². The maximum Gasteiger partial charge on any atom is 0.130 e. The molecule has 0 bridgehead atoms. The van der Waals surface area contributed by atoms with Gasteiger partial charge in [0.15, 0.2) is 0 Å². The van der Waals surface area contributed by atoms with Gasteiger partial charge >= 0.3 is 0 Å². The summed E-state index contributed by atoms with van der Waals surface area (Å²) in [5.41, 5.74) is 1.01. The maximum absolute atomic E-state index is 13.2. The molecule has 0 N–H and O–H groups in total. The predicted molar refractivity (Wildman–Crippen MR) is 48.2 cm³/mol. The van der Waals surface area contributed by atoms with Crippen LogP contribution in [0.5, 0.6) is 0 Å². The molecule has 1 rings (SSSR count). The van der Waals surface area contributed by atoms with Crippen molar-refractivity contribution < 1.29 is 4.39 Å². The lowest BCUT2D eigenvalue weighted by Gasteiger charge is -2.02. The molecule has 0 saturated heterocycles. The summed E-state index contributed by atoms with van der Waals surface area (Å²) in [6.07, 6.45) is 0.117. The molecular formula is C9H7BrFN. The molecule has 1 nitrogen and oxygen atoms in total. The van der Waals surface area contributed by atoms with E-state index in [0.717, 1.165) is 4.47 Å². The van der Waals surface area contributed by atoms with Gasteiger partial charge in [0.2, 0.25) is 0 Å². The number of nitrogens with zero attached hydrogens (tertiary/aromatic N) is 1. The van der Waals surface area contributed by atoms with Crippen LogP contribution in [0.25, 0.3) is 0 Å². The minimum absolute atomic E-state index is 0.117. The van der Waals surface area contributed by atoms with Crippen LogP contribution in [0.2, 0.25) is 0 Å². The van der Waals surface area contributed by atoms with Gasteiger partial charge in [0, 0.05) is 10.0 Å². The van der Waals surface area contributed by atoms with Crippen LogP contribution >= 0.6 is 15.9 Å². The number of rotatable bonds is 1. The highest BCUT2D eigenvalue weighted by Crippen LogP contribution is 2.19. The monoisotopic (exact) mass is 227 g/mol. The fourth-order valence-corrected chi connectivity index (χ4v) is 1.63. The van der Waals surface area contributed by atoms with Gasteiger partial charge in [-0.3, -0.25) is 0 Å². The summed E-state index contributed by atoms with van der Waals surface area (Å²) in [6, 6.07) is 5.24. The van der Waals surface area contributed by atoms with Gasteiger partial charge in [0.05, 0.1) is 12.5 Å². The Labute approximate surface area is 79.0 Å². The number of nitriles is 1. The Morgan fingerprint density at radius 2 is 2.25 bits per heavy atom. The Kier molecular flexibility index (Phi) is 2.83. The smallest absolute Gasteiger partial charge is 0.130 e. The van der Waals surface area contributed by atoms with Crippen molar-refractivity contribution in [3.05, 3.63) is 33.5 Å². The van der Waals surface area contributed by atoms with Crippen LogP contribution in [0.1, 0.15) is 11.1 Å². The van der Waals surface area contributed by atoms with E-state index in [1.54, 1.807) is 19.1 Å². The van der Waals surface area contributed by atoms with E-state index < -0.39 is 0 Å². The Morgan fingerprint density at radius 3 is 2.83 bits per heavy atom. The highest BCUT2D eigenvalue weighted by Gasteiger charge is 2.05. The van der Waals surface area contributed by atoms with E-state index in [4.69, 9.17) is 5.26 Å². The summed E-state index contributed by atoms with van der Waals surface area (Å²) >= 11 is 3.24. The van der Waals surface area contributed by atoms with E-state index >= 15 is 0 Å². The van der Waals surface area contributed by atoms with Crippen molar-refractivity contribution in [3.63, 3.8) is 0 Å². The topological polar surface area (TPSA) is 23.8 Å². The van der Waals surface area contributed by atoms with Gasteiger partial charge in [-0.2, -0.15) is 5.26 Å². The van der Waals surface area contributed by atoms with Crippen molar-refractivity contribution in [2.45, 2.75) is 13.3 Å². The minimum Gasteiger partial charge on any atom is -0.206 e. The fraction of sp³-hybridized carbons (Fsp3) is 0.222. The number of benzene rings is 1. The van der Waals surface area contributed by atoms with E-state index in [0.29, 0.717) is 11.1 Å². The molecule has 0 atom stereocenters. The average molecular weight is 228 g/mol. The van der Waals surface area contributed by atoms with Gasteiger partial charge in [-0.1, -0.05) is 15.9 Å². The molecule has 0 spiro atoms. The van der Waals surface area contributed by atoms with Crippen molar-refractivity contribution in [1.82, 2.24) is 0 Å². The number of hydrogen-bond acceptors (Lipinski definition) is 1. The third-order valence-electron chi connectivity index (χ3n) is 1.56. The lowest BCUT2D eigenvalue weighted by atomic mass is 10.1. The quantitative estimate of drug-likeness (QED) is 0.724. The predicted octanol–water partition coefficient (Wildman–Crippen LogP) is 2.96. The summed E-state index contributed by atoms with van der Waals surface area (Å²) in [5.74, 6) is -0.278. The molecule has 0 heterocycles. The zero-order valence-corrected chi connectivity index (χ0v) is 8.15. The molecule has 62 valence electrons. The molecule has 0 aromatic heterocycles. The van der Waals surface area contributed by atoms with Crippen LogP contribution in [0.15, 0.2) is 16.6 Å². The second-order valence-electron chi connectivity index (χ2n) is 2.53. The molecule has 0 fully saturated rings. The minimum atomic E-state index is -0.278. The van der Waals surface area contributed by atoms with Crippen LogP contribution in [0.4, 0.5) is 4.39 Å². The van der Waals surface area contributed by atoms with Crippen LogP contribution in [-0.2, 0) is 6.42 Å². The molecule has 3 heteroatoms. The Bertz CT molecular complexity index is 341. The lowest BCUT2D eigenvalue weighted by molar-refractivity contribution is 0.605. The van der Waals surface area contributed by atoms with Gasteiger partial charge in [-0.25, -0.2) is 4.39 Å². The second-order valence-corrected chi connectivity index (χ2v) is 3.45. The lowest BCUT2D eigenvalue weighted by Crippen LogP contribution is -1.92. The fourth-order valence-electron chi connectivity index (χ4n) is 1.01. The molecule has 0 amide bonds. The Balaban J connectivity index is 3.20. The molecule has 0 aliphatic carbocycles. The van der Waals surface area contributed by atoms with Gasteiger partial charge in [-0.05, 0) is 24.6 Å². The maximum atomic E-state index is 13.2. The first-order valence-electron chi connectivity index (χ1n) is 3.46. The third-order valence-corrected chi connectivity index (χ3v) is 2.02.